The maximum Gasteiger partial charge on any atom is 0.0449 e. The number of aryl methyl sites for hydroxylation is 1. The first-order chi connectivity index (χ1) is 9.11. The molecule has 0 spiro atoms. The fraction of sp³-hybridized carbons (Fsp3) is 0.647. The van der Waals surface area contributed by atoms with E-state index >= 15 is 0 Å². The lowest BCUT2D eigenvalue weighted by molar-refractivity contribution is 0.212. The van der Waals surface area contributed by atoms with Gasteiger partial charge < -0.3 is 5.32 Å². The average Bonchev–Trinajstić information content (AvgIpc) is 3.19. The van der Waals surface area contributed by atoms with E-state index in [9.17, 15) is 0 Å². The number of likely N-dealkylation sites (N-methyl/N-ethyl adjacent to an activating group) is 1. The molecule has 0 amide bonds. The van der Waals surface area contributed by atoms with E-state index < -0.39 is 0 Å². The lowest BCUT2D eigenvalue weighted by Crippen LogP contribution is -2.37. The summed E-state index contributed by atoms with van der Waals surface area (Å²) in [7, 11) is 2.08. The van der Waals surface area contributed by atoms with Crippen molar-refractivity contribution >= 4 is 0 Å². The van der Waals surface area contributed by atoms with Gasteiger partial charge in [-0.2, -0.15) is 0 Å². The van der Waals surface area contributed by atoms with Crippen molar-refractivity contribution in [3.63, 3.8) is 0 Å². The minimum absolute atomic E-state index is 0.445. The molecule has 2 nitrogen and oxygen atoms in total. The zero-order valence-electron chi connectivity index (χ0n) is 12.8. The largest absolute Gasteiger partial charge is 0.312 e. The second-order valence-corrected chi connectivity index (χ2v) is 6.28. The Morgan fingerprint density at radius 1 is 1.21 bits per heavy atom. The minimum Gasteiger partial charge on any atom is -0.312 e. The smallest absolute Gasteiger partial charge is 0.0449 e. The van der Waals surface area contributed by atoms with Crippen LogP contribution < -0.4 is 5.32 Å². The van der Waals surface area contributed by atoms with E-state index in [0.717, 1.165) is 18.5 Å². The van der Waals surface area contributed by atoms with Crippen molar-refractivity contribution in [2.75, 3.05) is 20.1 Å². The molecule has 0 radical (unpaired) electrons. The van der Waals surface area contributed by atoms with Crippen molar-refractivity contribution in [1.29, 1.82) is 0 Å². The summed E-state index contributed by atoms with van der Waals surface area (Å²) in [6.07, 6.45) is 2.77. The molecule has 1 saturated carbocycles. The third-order valence-corrected chi connectivity index (χ3v) is 3.99. The zero-order valence-corrected chi connectivity index (χ0v) is 12.8. The van der Waals surface area contributed by atoms with E-state index in [-0.39, 0.29) is 0 Å². The van der Waals surface area contributed by atoms with Crippen molar-refractivity contribution in [3.8, 4) is 0 Å². The van der Waals surface area contributed by atoms with Gasteiger partial charge in [0.05, 0.1) is 0 Å². The summed E-state index contributed by atoms with van der Waals surface area (Å²) in [5.41, 5.74) is 2.83. The van der Waals surface area contributed by atoms with Crippen LogP contribution in [0.1, 0.15) is 43.9 Å². The third-order valence-electron chi connectivity index (χ3n) is 3.99. The van der Waals surface area contributed by atoms with Gasteiger partial charge in [0.2, 0.25) is 0 Å². The van der Waals surface area contributed by atoms with Crippen LogP contribution in [0.15, 0.2) is 24.3 Å². The van der Waals surface area contributed by atoms with Gasteiger partial charge in [0.25, 0.3) is 0 Å². The van der Waals surface area contributed by atoms with Crippen LogP contribution >= 0.6 is 0 Å². The summed E-state index contributed by atoms with van der Waals surface area (Å²) in [6, 6.07) is 10.0. The fourth-order valence-corrected chi connectivity index (χ4v) is 2.84. The first-order valence-corrected chi connectivity index (χ1v) is 7.58. The first-order valence-electron chi connectivity index (χ1n) is 7.58. The van der Waals surface area contributed by atoms with Gasteiger partial charge >= 0.3 is 0 Å². The van der Waals surface area contributed by atoms with Crippen LogP contribution in [0, 0.1) is 12.8 Å². The molecule has 1 fully saturated rings. The minimum atomic E-state index is 0.445. The molecule has 1 unspecified atom stereocenters. The van der Waals surface area contributed by atoms with Gasteiger partial charge in [0.15, 0.2) is 0 Å². The molecule has 1 atom stereocenters. The topological polar surface area (TPSA) is 15.3 Å². The number of benzene rings is 1. The highest BCUT2D eigenvalue weighted by molar-refractivity contribution is 5.29. The SMILES string of the molecule is CNC(CN(CC(C)C)C1CC1)c1ccccc1C. The molecule has 2 heteroatoms. The molecule has 106 valence electrons. The van der Waals surface area contributed by atoms with Gasteiger partial charge in [0, 0.05) is 25.2 Å². The van der Waals surface area contributed by atoms with Gasteiger partial charge in [-0.1, -0.05) is 38.1 Å². The molecule has 19 heavy (non-hydrogen) atoms. The van der Waals surface area contributed by atoms with E-state index in [1.807, 2.05) is 0 Å². The van der Waals surface area contributed by atoms with Crippen LogP contribution in [-0.2, 0) is 0 Å². The molecule has 0 bridgehead atoms. The standard InChI is InChI=1S/C17H28N2/c1-13(2)11-19(15-9-10-15)12-17(18-4)16-8-6-5-7-14(16)3/h5-8,13,15,17-18H,9-12H2,1-4H3. The van der Waals surface area contributed by atoms with Crippen molar-refractivity contribution in [1.82, 2.24) is 10.2 Å². The Kier molecular flexibility index (Phi) is 5.00. The highest BCUT2D eigenvalue weighted by Gasteiger charge is 2.31. The molecule has 1 aromatic carbocycles. The zero-order chi connectivity index (χ0) is 13.8. The molecule has 0 aliphatic heterocycles. The first kappa shape index (κ1) is 14.5. The predicted molar refractivity (Wildman–Crippen MR) is 82.4 cm³/mol. The Morgan fingerprint density at radius 2 is 1.89 bits per heavy atom. The maximum absolute atomic E-state index is 3.50. The number of rotatable bonds is 7. The van der Waals surface area contributed by atoms with Crippen molar-refractivity contribution in [2.45, 2.75) is 45.7 Å². The highest BCUT2D eigenvalue weighted by atomic mass is 15.2. The Hall–Kier alpha value is -0.860. The second-order valence-electron chi connectivity index (χ2n) is 6.28. The van der Waals surface area contributed by atoms with Crippen LogP contribution in [-0.4, -0.2) is 31.1 Å². The molecule has 1 aliphatic carbocycles. The maximum atomic E-state index is 3.50. The molecule has 1 N–H and O–H groups in total. The molecule has 0 aromatic heterocycles. The molecular formula is C17H28N2. The van der Waals surface area contributed by atoms with E-state index in [2.05, 4.69) is 62.3 Å². The van der Waals surface area contributed by atoms with E-state index in [0.29, 0.717) is 6.04 Å². The summed E-state index contributed by atoms with van der Waals surface area (Å²) in [4.78, 5) is 2.68. The number of nitrogens with zero attached hydrogens (tertiary/aromatic N) is 1. The molecular weight excluding hydrogens is 232 g/mol. The summed E-state index contributed by atoms with van der Waals surface area (Å²) >= 11 is 0. The predicted octanol–water partition coefficient (Wildman–Crippen LogP) is 3.38. The normalized spacial score (nSPS) is 17.2. The Labute approximate surface area is 118 Å². The Morgan fingerprint density at radius 3 is 2.42 bits per heavy atom. The number of hydrogen-bond acceptors (Lipinski definition) is 2. The van der Waals surface area contributed by atoms with Crippen LogP contribution in [0.3, 0.4) is 0 Å². The molecule has 1 aromatic rings. The quantitative estimate of drug-likeness (QED) is 0.808. The summed E-state index contributed by atoms with van der Waals surface area (Å²) in [5, 5.41) is 3.50. The van der Waals surface area contributed by atoms with Gasteiger partial charge in [-0.15, -0.1) is 0 Å². The monoisotopic (exact) mass is 260 g/mol. The molecule has 1 aliphatic rings. The second kappa shape index (κ2) is 6.53. The third kappa shape index (κ3) is 4.05. The van der Waals surface area contributed by atoms with Gasteiger partial charge in [0.1, 0.15) is 0 Å². The fourth-order valence-electron chi connectivity index (χ4n) is 2.84. The van der Waals surface area contributed by atoms with Crippen LogP contribution in [0.5, 0.6) is 0 Å². The average molecular weight is 260 g/mol. The van der Waals surface area contributed by atoms with Crippen molar-refractivity contribution in [2.24, 2.45) is 5.92 Å². The Balaban J connectivity index is 2.06. The van der Waals surface area contributed by atoms with E-state index in [4.69, 9.17) is 0 Å². The van der Waals surface area contributed by atoms with Crippen molar-refractivity contribution in [3.05, 3.63) is 35.4 Å². The van der Waals surface area contributed by atoms with Crippen molar-refractivity contribution < 1.29 is 0 Å². The summed E-state index contributed by atoms with van der Waals surface area (Å²) in [6.45, 7) is 9.19. The lowest BCUT2D eigenvalue weighted by atomic mass is 10.0. The van der Waals surface area contributed by atoms with E-state index in [1.165, 1.54) is 30.5 Å². The van der Waals surface area contributed by atoms with Crippen LogP contribution in [0.25, 0.3) is 0 Å². The van der Waals surface area contributed by atoms with Gasteiger partial charge in [-0.05, 0) is 43.9 Å². The highest BCUT2D eigenvalue weighted by Crippen LogP contribution is 2.30. The number of nitrogens with one attached hydrogen (secondary N) is 1. The van der Waals surface area contributed by atoms with Gasteiger partial charge in [-0.3, -0.25) is 4.90 Å². The summed E-state index contributed by atoms with van der Waals surface area (Å²) < 4.78 is 0. The van der Waals surface area contributed by atoms with Gasteiger partial charge in [-0.25, -0.2) is 0 Å². The summed E-state index contributed by atoms with van der Waals surface area (Å²) in [5.74, 6) is 0.745. The molecule has 0 saturated heterocycles. The van der Waals surface area contributed by atoms with Crippen LogP contribution in [0.4, 0.5) is 0 Å². The lowest BCUT2D eigenvalue weighted by Gasteiger charge is -2.29. The number of hydrogen-bond donors (Lipinski definition) is 1. The van der Waals surface area contributed by atoms with E-state index in [1.54, 1.807) is 0 Å². The molecule has 2 rings (SSSR count). The van der Waals surface area contributed by atoms with Crippen LogP contribution in [0.2, 0.25) is 0 Å². The molecule has 0 heterocycles. The Bertz CT molecular complexity index is 396.